The zero-order valence-corrected chi connectivity index (χ0v) is 16.3. The smallest absolute Gasteiger partial charge is 0.168 e. The minimum absolute atomic E-state index is 0.0483. The normalized spacial score (nSPS) is 35.3. The molecule has 3 fully saturated rings. The third-order valence-corrected chi connectivity index (χ3v) is 6.50. The topological polar surface area (TPSA) is 68.2 Å². The minimum atomic E-state index is -0.672. The lowest BCUT2D eigenvalue weighted by Crippen LogP contribution is -2.47. The van der Waals surface area contributed by atoms with Crippen molar-refractivity contribution in [2.75, 3.05) is 19.8 Å². The van der Waals surface area contributed by atoms with E-state index in [-0.39, 0.29) is 23.9 Å². The summed E-state index contributed by atoms with van der Waals surface area (Å²) < 4.78 is 18.1. The molecule has 5 nitrogen and oxygen atoms in total. The Morgan fingerprint density at radius 3 is 2.56 bits per heavy atom. The van der Waals surface area contributed by atoms with E-state index in [9.17, 15) is 10.2 Å². The van der Waals surface area contributed by atoms with Gasteiger partial charge in [0.2, 0.25) is 0 Å². The van der Waals surface area contributed by atoms with Gasteiger partial charge in [-0.1, -0.05) is 44.2 Å². The second-order valence-electron chi connectivity index (χ2n) is 9.43. The van der Waals surface area contributed by atoms with E-state index in [2.05, 4.69) is 13.8 Å². The Morgan fingerprint density at radius 1 is 1.15 bits per heavy atom. The number of hydrogen-bond donors (Lipinski definition) is 2. The molecule has 2 saturated carbocycles. The first-order valence-corrected chi connectivity index (χ1v) is 10.1. The lowest BCUT2D eigenvalue weighted by molar-refractivity contribution is -0.298. The van der Waals surface area contributed by atoms with Gasteiger partial charge in [-0.2, -0.15) is 0 Å². The maximum Gasteiger partial charge on any atom is 0.168 e. The molecule has 1 aromatic carbocycles. The van der Waals surface area contributed by atoms with Gasteiger partial charge in [0.05, 0.1) is 38.6 Å². The van der Waals surface area contributed by atoms with Crippen LogP contribution in [0.25, 0.3) is 0 Å². The van der Waals surface area contributed by atoms with Gasteiger partial charge in [-0.15, -0.1) is 0 Å². The SMILES string of the molecule is CC1(C)COC2(C[C@H]3C[C@@H](O)[C@H](C(O)COCc4ccccc4)[C@H]3C2)OC1. The zero-order chi connectivity index (χ0) is 19.1. The van der Waals surface area contributed by atoms with Gasteiger partial charge >= 0.3 is 0 Å². The predicted molar refractivity (Wildman–Crippen MR) is 101 cm³/mol. The average Bonchev–Trinajstić information content (AvgIpc) is 3.11. The van der Waals surface area contributed by atoms with Crippen molar-refractivity contribution in [1.29, 1.82) is 0 Å². The largest absolute Gasteiger partial charge is 0.393 e. The number of aliphatic hydroxyl groups excluding tert-OH is 2. The quantitative estimate of drug-likeness (QED) is 0.827. The molecule has 1 saturated heterocycles. The molecule has 1 heterocycles. The molecule has 5 heteroatoms. The van der Waals surface area contributed by atoms with Gasteiger partial charge in [-0.3, -0.25) is 0 Å². The monoisotopic (exact) mass is 376 g/mol. The molecule has 27 heavy (non-hydrogen) atoms. The molecule has 0 bridgehead atoms. The van der Waals surface area contributed by atoms with Crippen LogP contribution in [0.3, 0.4) is 0 Å². The highest BCUT2D eigenvalue weighted by molar-refractivity contribution is 5.13. The summed E-state index contributed by atoms with van der Waals surface area (Å²) in [5, 5.41) is 21.3. The Morgan fingerprint density at radius 2 is 1.85 bits per heavy atom. The van der Waals surface area contributed by atoms with Crippen LogP contribution in [-0.4, -0.2) is 48.0 Å². The second kappa shape index (κ2) is 7.45. The van der Waals surface area contributed by atoms with Gasteiger partial charge in [-0.05, 0) is 23.8 Å². The van der Waals surface area contributed by atoms with Gasteiger partial charge in [0.25, 0.3) is 0 Å². The first-order chi connectivity index (χ1) is 12.9. The zero-order valence-electron chi connectivity index (χ0n) is 16.3. The number of ether oxygens (including phenoxy) is 3. The second-order valence-corrected chi connectivity index (χ2v) is 9.43. The molecule has 1 spiro atoms. The molecule has 2 N–H and O–H groups in total. The number of aliphatic hydroxyl groups is 2. The van der Waals surface area contributed by atoms with Crippen LogP contribution in [0.5, 0.6) is 0 Å². The van der Waals surface area contributed by atoms with Crippen LogP contribution >= 0.6 is 0 Å². The molecule has 1 aliphatic heterocycles. The highest BCUT2D eigenvalue weighted by Gasteiger charge is 2.58. The van der Waals surface area contributed by atoms with E-state index in [1.54, 1.807) is 0 Å². The maximum atomic E-state index is 10.7. The van der Waals surface area contributed by atoms with E-state index >= 15 is 0 Å². The Bertz CT molecular complexity index is 621. The van der Waals surface area contributed by atoms with E-state index in [0.29, 0.717) is 32.2 Å². The van der Waals surface area contributed by atoms with Crippen molar-refractivity contribution in [2.45, 2.75) is 57.7 Å². The maximum absolute atomic E-state index is 10.7. The summed E-state index contributed by atoms with van der Waals surface area (Å²) in [7, 11) is 0. The molecule has 5 atom stereocenters. The summed E-state index contributed by atoms with van der Waals surface area (Å²) in [6.07, 6.45) is 1.13. The van der Waals surface area contributed by atoms with Crippen molar-refractivity contribution in [3.05, 3.63) is 35.9 Å². The number of rotatable bonds is 5. The lowest BCUT2D eigenvalue weighted by atomic mass is 9.86. The molecule has 3 aliphatic rings. The van der Waals surface area contributed by atoms with E-state index in [1.807, 2.05) is 30.3 Å². The Hall–Kier alpha value is -0.980. The summed E-state index contributed by atoms with van der Waals surface area (Å²) in [5.74, 6) is -0.132. The third-order valence-electron chi connectivity index (χ3n) is 6.50. The molecule has 0 radical (unpaired) electrons. The summed E-state index contributed by atoms with van der Waals surface area (Å²) in [6, 6.07) is 9.94. The summed E-state index contributed by atoms with van der Waals surface area (Å²) >= 11 is 0. The van der Waals surface area contributed by atoms with Crippen LogP contribution in [0, 0.1) is 23.2 Å². The van der Waals surface area contributed by atoms with Gasteiger partial charge < -0.3 is 24.4 Å². The number of hydrogen-bond acceptors (Lipinski definition) is 5. The molecule has 0 aromatic heterocycles. The van der Waals surface area contributed by atoms with Crippen LogP contribution in [0.4, 0.5) is 0 Å². The van der Waals surface area contributed by atoms with Crippen molar-refractivity contribution >= 4 is 0 Å². The predicted octanol–water partition coefficient (Wildman–Crippen LogP) is 2.74. The van der Waals surface area contributed by atoms with Gasteiger partial charge in [-0.25, -0.2) is 0 Å². The van der Waals surface area contributed by atoms with Crippen molar-refractivity contribution in [2.24, 2.45) is 23.2 Å². The fourth-order valence-electron chi connectivity index (χ4n) is 5.12. The third kappa shape index (κ3) is 4.08. The standard InChI is InChI=1S/C22H32O5/c1-21(2)13-26-22(27-14-21)9-16-8-18(23)20(17(16)10-22)19(24)12-25-11-15-6-4-3-5-7-15/h3-7,16-20,23-24H,8-14H2,1-2H3/t16-,17+,18-,19?,20-/m1/s1. The Labute approximate surface area is 161 Å². The van der Waals surface area contributed by atoms with E-state index < -0.39 is 18.0 Å². The van der Waals surface area contributed by atoms with Crippen LogP contribution in [0.15, 0.2) is 30.3 Å². The molecule has 1 aromatic rings. The van der Waals surface area contributed by atoms with E-state index in [1.165, 1.54) is 0 Å². The molecule has 150 valence electrons. The van der Waals surface area contributed by atoms with E-state index in [0.717, 1.165) is 18.4 Å². The molecular weight excluding hydrogens is 344 g/mol. The van der Waals surface area contributed by atoms with Gasteiger partial charge in [0.15, 0.2) is 5.79 Å². The van der Waals surface area contributed by atoms with Crippen molar-refractivity contribution in [3.8, 4) is 0 Å². The minimum Gasteiger partial charge on any atom is -0.393 e. The molecule has 0 amide bonds. The number of benzene rings is 1. The van der Waals surface area contributed by atoms with Crippen molar-refractivity contribution < 1.29 is 24.4 Å². The highest BCUT2D eigenvalue weighted by Crippen LogP contribution is 2.55. The molecular formula is C22H32O5. The summed E-state index contributed by atoms with van der Waals surface area (Å²) in [4.78, 5) is 0. The van der Waals surface area contributed by atoms with Crippen LogP contribution in [-0.2, 0) is 20.8 Å². The van der Waals surface area contributed by atoms with E-state index in [4.69, 9.17) is 14.2 Å². The van der Waals surface area contributed by atoms with Crippen LogP contribution < -0.4 is 0 Å². The molecule has 4 rings (SSSR count). The fraction of sp³-hybridized carbons (Fsp3) is 0.727. The van der Waals surface area contributed by atoms with Crippen LogP contribution in [0.1, 0.15) is 38.7 Å². The van der Waals surface area contributed by atoms with Crippen LogP contribution in [0.2, 0.25) is 0 Å². The van der Waals surface area contributed by atoms with Crippen molar-refractivity contribution in [1.82, 2.24) is 0 Å². The fourth-order valence-corrected chi connectivity index (χ4v) is 5.12. The average molecular weight is 376 g/mol. The lowest BCUT2D eigenvalue weighted by Gasteiger charge is -2.42. The Kier molecular flexibility index (Phi) is 5.34. The first kappa shape index (κ1) is 19.3. The molecule has 1 unspecified atom stereocenters. The van der Waals surface area contributed by atoms with Crippen molar-refractivity contribution in [3.63, 3.8) is 0 Å². The molecule has 2 aliphatic carbocycles. The summed E-state index contributed by atoms with van der Waals surface area (Å²) in [5.41, 5.74) is 1.13. The van der Waals surface area contributed by atoms with Gasteiger partial charge in [0, 0.05) is 24.2 Å². The summed E-state index contributed by atoms with van der Waals surface area (Å²) in [6.45, 7) is 6.40. The van der Waals surface area contributed by atoms with Gasteiger partial charge in [0.1, 0.15) is 0 Å². The first-order valence-electron chi connectivity index (χ1n) is 10.1. The Balaban J connectivity index is 1.34. The highest BCUT2D eigenvalue weighted by atomic mass is 16.7. The number of fused-ring (bicyclic) bond motifs is 1.